The van der Waals surface area contributed by atoms with E-state index in [0.29, 0.717) is 0 Å². The summed E-state index contributed by atoms with van der Waals surface area (Å²) in [6.07, 6.45) is 0.215. The van der Waals surface area contributed by atoms with Crippen LogP contribution in [0.15, 0.2) is 46.9 Å². The SMILES string of the molecule is O=C(Cc1ccc(Br)cc1)Cc1ccc(F)cc1F. The van der Waals surface area contributed by atoms with Crippen LogP contribution in [0.3, 0.4) is 0 Å². The number of carbonyl (C=O) groups excluding carboxylic acids is 1. The highest BCUT2D eigenvalue weighted by Gasteiger charge is 2.10. The summed E-state index contributed by atoms with van der Waals surface area (Å²) in [6.45, 7) is 0. The average Bonchev–Trinajstić information content (AvgIpc) is 2.36. The summed E-state index contributed by atoms with van der Waals surface area (Å²) in [4.78, 5) is 11.8. The molecule has 0 bridgehead atoms. The molecule has 0 aliphatic heterocycles. The molecule has 0 atom stereocenters. The molecule has 19 heavy (non-hydrogen) atoms. The van der Waals surface area contributed by atoms with E-state index in [1.54, 1.807) is 0 Å². The Morgan fingerprint density at radius 2 is 1.68 bits per heavy atom. The Hall–Kier alpha value is -1.55. The Balaban J connectivity index is 2.03. The Kier molecular flexibility index (Phi) is 4.43. The highest BCUT2D eigenvalue weighted by molar-refractivity contribution is 9.10. The Morgan fingerprint density at radius 1 is 1.00 bits per heavy atom. The van der Waals surface area contributed by atoms with Crippen molar-refractivity contribution < 1.29 is 13.6 Å². The first-order valence-corrected chi connectivity index (χ1v) is 6.54. The third-order valence-corrected chi connectivity index (χ3v) is 3.25. The van der Waals surface area contributed by atoms with Crippen molar-refractivity contribution in [3.8, 4) is 0 Å². The zero-order chi connectivity index (χ0) is 13.8. The molecular weight excluding hydrogens is 314 g/mol. The minimum atomic E-state index is -0.677. The van der Waals surface area contributed by atoms with Crippen molar-refractivity contribution in [2.24, 2.45) is 0 Å². The molecule has 0 unspecified atom stereocenters. The summed E-state index contributed by atoms with van der Waals surface area (Å²) in [5.41, 5.74) is 1.10. The van der Waals surface area contributed by atoms with E-state index in [2.05, 4.69) is 15.9 Å². The quantitative estimate of drug-likeness (QED) is 0.828. The van der Waals surface area contributed by atoms with E-state index >= 15 is 0 Å². The number of carbonyl (C=O) groups is 1. The van der Waals surface area contributed by atoms with Crippen molar-refractivity contribution in [3.63, 3.8) is 0 Å². The van der Waals surface area contributed by atoms with Gasteiger partial charge in [-0.15, -0.1) is 0 Å². The van der Waals surface area contributed by atoms with Crippen molar-refractivity contribution >= 4 is 21.7 Å². The maximum atomic E-state index is 13.4. The number of Topliss-reactive ketones (excluding diaryl/α,β-unsaturated/α-hetero) is 1. The molecule has 4 heteroatoms. The number of ketones is 1. The number of hydrogen-bond donors (Lipinski definition) is 0. The van der Waals surface area contributed by atoms with Gasteiger partial charge in [0.05, 0.1) is 0 Å². The van der Waals surface area contributed by atoms with Gasteiger partial charge in [-0.05, 0) is 29.3 Å². The molecule has 0 radical (unpaired) electrons. The Labute approximate surface area is 118 Å². The number of halogens is 3. The van der Waals surface area contributed by atoms with Gasteiger partial charge in [-0.3, -0.25) is 4.79 Å². The van der Waals surface area contributed by atoms with E-state index in [-0.39, 0.29) is 24.2 Å². The molecule has 0 amide bonds. The van der Waals surface area contributed by atoms with Crippen LogP contribution in [0.5, 0.6) is 0 Å². The molecule has 0 N–H and O–H groups in total. The fourth-order valence-electron chi connectivity index (χ4n) is 1.77. The Bertz CT molecular complexity index is 594. The predicted molar refractivity (Wildman–Crippen MR) is 72.9 cm³/mol. The highest BCUT2D eigenvalue weighted by atomic mass is 79.9. The standard InChI is InChI=1S/C15H11BrF2O/c16-12-4-1-10(2-5-12)7-14(19)8-11-3-6-13(17)9-15(11)18/h1-6,9H,7-8H2. The van der Waals surface area contributed by atoms with E-state index in [1.165, 1.54) is 6.07 Å². The second-order valence-electron chi connectivity index (χ2n) is 4.25. The minimum absolute atomic E-state index is 0.0256. The average molecular weight is 325 g/mol. The molecule has 1 nitrogen and oxygen atoms in total. The lowest BCUT2D eigenvalue weighted by atomic mass is 10.0. The summed E-state index contributed by atoms with van der Waals surface area (Å²) in [5.74, 6) is -1.42. The minimum Gasteiger partial charge on any atom is -0.299 e. The van der Waals surface area contributed by atoms with Crippen LogP contribution in [0.4, 0.5) is 8.78 Å². The fourth-order valence-corrected chi connectivity index (χ4v) is 2.03. The van der Waals surface area contributed by atoms with Crippen molar-refractivity contribution in [3.05, 3.63) is 69.7 Å². The van der Waals surface area contributed by atoms with Crippen LogP contribution < -0.4 is 0 Å². The third kappa shape index (κ3) is 3.96. The number of hydrogen-bond acceptors (Lipinski definition) is 1. The monoisotopic (exact) mass is 324 g/mol. The van der Waals surface area contributed by atoms with Crippen molar-refractivity contribution in [2.75, 3.05) is 0 Å². The molecule has 2 aromatic carbocycles. The van der Waals surface area contributed by atoms with Crippen LogP contribution in [0.2, 0.25) is 0 Å². The first kappa shape index (κ1) is 13.9. The third-order valence-electron chi connectivity index (χ3n) is 2.72. The first-order valence-electron chi connectivity index (χ1n) is 5.74. The van der Waals surface area contributed by atoms with Gasteiger partial charge < -0.3 is 0 Å². The van der Waals surface area contributed by atoms with Gasteiger partial charge in [0.1, 0.15) is 17.4 Å². The summed E-state index contributed by atoms with van der Waals surface area (Å²) in [5, 5.41) is 0. The lowest BCUT2D eigenvalue weighted by molar-refractivity contribution is -0.117. The lowest BCUT2D eigenvalue weighted by Crippen LogP contribution is -2.08. The van der Waals surface area contributed by atoms with Gasteiger partial charge in [-0.1, -0.05) is 34.1 Å². The molecular formula is C15H11BrF2O. The maximum Gasteiger partial charge on any atom is 0.141 e. The zero-order valence-electron chi connectivity index (χ0n) is 10.00. The van der Waals surface area contributed by atoms with Gasteiger partial charge >= 0.3 is 0 Å². The van der Waals surface area contributed by atoms with E-state index in [9.17, 15) is 13.6 Å². The molecule has 98 valence electrons. The van der Waals surface area contributed by atoms with Gasteiger partial charge in [0, 0.05) is 23.4 Å². The largest absolute Gasteiger partial charge is 0.299 e. The van der Waals surface area contributed by atoms with E-state index in [4.69, 9.17) is 0 Å². The summed E-state index contributed by atoms with van der Waals surface area (Å²) in [6, 6.07) is 10.6. The van der Waals surface area contributed by atoms with E-state index in [1.807, 2.05) is 24.3 Å². The van der Waals surface area contributed by atoms with Gasteiger partial charge in [0.15, 0.2) is 0 Å². The molecule has 0 fully saturated rings. The van der Waals surface area contributed by atoms with Crippen LogP contribution in [-0.4, -0.2) is 5.78 Å². The first-order chi connectivity index (χ1) is 9.04. The summed E-state index contributed by atoms with van der Waals surface area (Å²) < 4.78 is 27.1. The normalized spacial score (nSPS) is 10.5. The molecule has 0 aromatic heterocycles. The Morgan fingerprint density at radius 3 is 2.32 bits per heavy atom. The van der Waals surface area contributed by atoms with Crippen LogP contribution in [0.1, 0.15) is 11.1 Å². The van der Waals surface area contributed by atoms with E-state index in [0.717, 1.165) is 22.2 Å². The fraction of sp³-hybridized carbons (Fsp3) is 0.133. The summed E-state index contributed by atoms with van der Waals surface area (Å²) in [7, 11) is 0. The van der Waals surface area contributed by atoms with Gasteiger partial charge in [0.25, 0.3) is 0 Å². The molecule has 2 rings (SSSR count). The van der Waals surface area contributed by atoms with Crippen LogP contribution in [0, 0.1) is 11.6 Å². The number of rotatable bonds is 4. The van der Waals surface area contributed by atoms with Crippen molar-refractivity contribution in [1.82, 2.24) is 0 Å². The van der Waals surface area contributed by atoms with Gasteiger partial charge in [-0.25, -0.2) is 8.78 Å². The highest BCUT2D eigenvalue weighted by Crippen LogP contribution is 2.14. The molecule has 0 aliphatic carbocycles. The molecule has 0 saturated heterocycles. The van der Waals surface area contributed by atoms with E-state index < -0.39 is 11.6 Å². The topological polar surface area (TPSA) is 17.1 Å². The van der Waals surface area contributed by atoms with Crippen LogP contribution in [-0.2, 0) is 17.6 Å². The maximum absolute atomic E-state index is 13.4. The van der Waals surface area contributed by atoms with Crippen molar-refractivity contribution in [1.29, 1.82) is 0 Å². The molecule has 0 heterocycles. The van der Waals surface area contributed by atoms with Gasteiger partial charge in [0.2, 0.25) is 0 Å². The lowest BCUT2D eigenvalue weighted by Gasteiger charge is -2.04. The zero-order valence-corrected chi connectivity index (χ0v) is 11.6. The van der Waals surface area contributed by atoms with Crippen molar-refractivity contribution in [2.45, 2.75) is 12.8 Å². The second kappa shape index (κ2) is 6.06. The van der Waals surface area contributed by atoms with Crippen LogP contribution >= 0.6 is 15.9 Å². The van der Waals surface area contributed by atoms with Crippen LogP contribution in [0.25, 0.3) is 0 Å². The molecule has 2 aromatic rings. The second-order valence-corrected chi connectivity index (χ2v) is 5.17. The number of benzene rings is 2. The smallest absolute Gasteiger partial charge is 0.141 e. The van der Waals surface area contributed by atoms with Gasteiger partial charge in [-0.2, -0.15) is 0 Å². The molecule has 0 saturated carbocycles. The summed E-state index contributed by atoms with van der Waals surface area (Å²) >= 11 is 3.31. The predicted octanol–water partition coefficient (Wildman–Crippen LogP) is 4.08. The molecule has 0 aliphatic rings. The molecule has 0 spiro atoms.